The van der Waals surface area contributed by atoms with Gasteiger partial charge in [0, 0.05) is 19.4 Å². The van der Waals surface area contributed by atoms with Crippen molar-refractivity contribution in [3.05, 3.63) is 71.8 Å². The van der Waals surface area contributed by atoms with Crippen LogP contribution in [0.25, 0.3) is 6.08 Å². The highest BCUT2D eigenvalue weighted by atomic mass is 16.6. The smallest absolute Gasteiger partial charge is 0.308 e. The van der Waals surface area contributed by atoms with Gasteiger partial charge in [-0.05, 0) is 17.7 Å². The van der Waals surface area contributed by atoms with Gasteiger partial charge >= 0.3 is 11.9 Å². The molecule has 0 heterocycles. The number of hydrogen-bond donors (Lipinski definition) is 0. The van der Waals surface area contributed by atoms with E-state index < -0.39 is 18.0 Å². The van der Waals surface area contributed by atoms with Gasteiger partial charge < -0.3 is 9.47 Å². The van der Waals surface area contributed by atoms with E-state index >= 15 is 0 Å². The van der Waals surface area contributed by atoms with Gasteiger partial charge in [-0.2, -0.15) is 0 Å². The average Bonchev–Trinajstić information content (AvgIpc) is 2.52. The molecule has 0 saturated heterocycles. The molecule has 0 aliphatic carbocycles. The molecule has 0 aliphatic heterocycles. The summed E-state index contributed by atoms with van der Waals surface area (Å²) >= 11 is 0. The Labute approximate surface area is 135 Å². The molecule has 0 radical (unpaired) electrons. The van der Waals surface area contributed by atoms with Crippen LogP contribution < -0.4 is 4.74 Å². The average molecular weight is 310 g/mol. The molecule has 0 amide bonds. The highest BCUT2D eigenvalue weighted by molar-refractivity contribution is 5.70. The Bertz CT molecular complexity index is 704. The maximum absolute atomic E-state index is 11.4. The summed E-state index contributed by atoms with van der Waals surface area (Å²) in [6.45, 7) is 2.68. The molecule has 0 fully saturated rings. The van der Waals surface area contributed by atoms with Gasteiger partial charge in [-0.1, -0.05) is 54.6 Å². The first-order chi connectivity index (χ1) is 11.1. The zero-order valence-corrected chi connectivity index (χ0v) is 13.1. The second-order valence-corrected chi connectivity index (χ2v) is 4.93. The zero-order valence-electron chi connectivity index (χ0n) is 13.1. The van der Waals surface area contributed by atoms with Gasteiger partial charge in [-0.3, -0.25) is 9.59 Å². The fourth-order valence-electron chi connectivity index (χ4n) is 2.11. The number of ether oxygens (including phenoxy) is 2. The molecule has 0 aromatic heterocycles. The van der Waals surface area contributed by atoms with Crippen LogP contribution in [-0.4, -0.2) is 11.9 Å². The van der Waals surface area contributed by atoms with Crippen LogP contribution in [0.3, 0.4) is 0 Å². The van der Waals surface area contributed by atoms with Crippen molar-refractivity contribution in [1.29, 1.82) is 0 Å². The van der Waals surface area contributed by atoms with E-state index in [0.717, 1.165) is 5.56 Å². The summed E-state index contributed by atoms with van der Waals surface area (Å²) in [5.41, 5.74) is 1.60. The molecule has 0 saturated carbocycles. The van der Waals surface area contributed by atoms with Crippen molar-refractivity contribution in [1.82, 2.24) is 0 Å². The second kappa shape index (κ2) is 7.94. The Morgan fingerprint density at radius 3 is 2.22 bits per heavy atom. The van der Waals surface area contributed by atoms with Crippen LogP contribution in [0, 0.1) is 0 Å². The normalized spacial score (nSPS) is 11.9. The fraction of sp³-hybridized carbons (Fsp3) is 0.158. The fourth-order valence-corrected chi connectivity index (χ4v) is 2.11. The lowest BCUT2D eigenvalue weighted by molar-refractivity contribution is -0.144. The Kier molecular flexibility index (Phi) is 5.69. The first-order valence-corrected chi connectivity index (χ1v) is 7.24. The Morgan fingerprint density at radius 2 is 1.57 bits per heavy atom. The highest BCUT2D eigenvalue weighted by Crippen LogP contribution is 2.29. The topological polar surface area (TPSA) is 52.6 Å². The minimum absolute atomic E-state index is 0.379. The van der Waals surface area contributed by atoms with Gasteiger partial charge in [-0.15, -0.1) is 0 Å². The number of carbonyl (C=O) groups is 2. The molecule has 0 aliphatic rings. The predicted octanol–water partition coefficient (Wildman–Crippen LogP) is 3.93. The van der Waals surface area contributed by atoms with Crippen molar-refractivity contribution in [2.75, 3.05) is 0 Å². The molecule has 0 spiro atoms. The Morgan fingerprint density at radius 1 is 0.913 bits per heavy atom. The van der Waals surface area contributed by atoms with E-state index in [-0.39, 0.29) is 0 Å². The van der Waals surface area contributed by atoms with Crippen molar-refractivity contribution >= 4 is 18.0 Å². The predicted molar refractivity (Wildman–Crippen MR) is 87.7 cm³/mol. The summed E-state index contributed by atoms with van der Waals surface area (Å²) in [7, 11) is 0. The molecule has 4 nitrogen and oxygen atoms in total. The molecule has 0 bridgehead atoms. The van der Waals surface area contributed by atoms with Crippen LogP contribution in [-0.2, 0) is 14.3 Å². The van der Waals surface area contributed by atoms with Gasteiger partial charge in [-0.25, -0.2) is 0 Å². The quantitative estimate of drug-likeness (QED) is 0.620. The van der Waals surface area contributed by atoms with Crippen molar-refractivity contribution in [2.45, 2.75) is 20.0 Å². The number of rotatable bonds is 5. The molecular formula is C19H18O4. The van der Waals surface area contributed by atoms with Gasteiger partial charge in [0.15, 0.2) is 0 Å². The molecule has 0 N–H and O–H groups in total. The van der Waals surface area contributed by atoms with Crippen molar-refractivity contribution in [3.63, 3.8) is 0 Å². The van der Waals surface area contributed by atoms with E-state index in [9.17, 15) is 9.59 Å². The van der Waals surface area contributed by atoms with E-state index in [1.807, 2.05) is 36.4 Å². The van der Waals surface area contributed by atoms with Gasteiger partial charge in [0.05, 0.1) is 0 Å². The monoisotopic (exact) mass is 310 g/mol. The minimum Gasteiger partial charge on any atom is -0.453 e. The standard InChI is InChI=1S/C19H18O4/c1-14(20)22-18-11-7-6-10-17(18)19(23-15(2)21)13-12-16-8-4-3-5-9-16/h3-13,19H,1-2H3/b13-12+. The third-order valence-corrected chi connectivity index (χ3v) is 3.04. The van der Waals surface area contributed by atoms with Crippen molar-refractivity contribution < 1.29 is 19.1 Å². The molecule has 1 unspecified atom stereocenters. The largest absolute Gasteiger partial charge is 0.453 e. The van der Waals surface area contributed by atoms with E-state index in [0.29, 0.717) is 11.3 Å². The molecule has 2 rings (SSSR count). The van der Waals surface area contributed by atoms with E-state index in [1.54, 1.807) is 30.3 Å². The van der Waals surface area contributed by atoms with E-state index in [2.05, 4.69) is 0 Å². The van der Waals surface area contributed by atoms with Crippen LogP contribution in [0.1, 0.15) is 31.1 Å². The van der Waals surface area contributed by atoms with Crippen LogP contribution in [0.15, 0.2) is 60.7 Å². The molecule has 2 aromatic carbocycles. The van der Waals surface area contributed by atoms with Crippen molar-refractivity contribution in [2.24, 2.45) is 0 Å². The van der Waals surface area contributed by atoms with Gasteiger partial charge in [0.25, 0.3) is 0 Å². The van der Waals surface area contributed by atoms with Crippen LogP contribution in [0.4, 0.5) is 0 Å². The molecular weight excluding hydrogens is 292 g/mol. The number of esters is 2. The summed E-state index contributed by atoms with van der Waals surface area (Å²) in [6.07, 6.45) is 2.99. The lowest BCUT2D eigenvalue weighted by atomic mass is 10.1. The summed E-state index contributed by atoms with van der Waals surface area (Å²) in [6, 6.07) is 16.7. The Balaban J connectivity index is 2.33. The van der Waals surface area contributed by atoms with E-state index in [4.69, 9.17) is 9.47 Å². The van der Waals surface area contributed by atoms with Gasteiger partial charge in [0.2, 0.25) is 0 Å². The zero-order chi connectivity index (χ0) is 16.7. The highest BCUT2D eigenvalue weighted by Gasteiger charge is 2.17. The minimum atomic E-state index is -0.636. The maximum atomic E-state index is 11.4. The third kappa shape index (κ3) is 5.11. The lowest BCUT2D eigenvalue weighted by Crippen LogP contribution is -2.10. The van der Waals surface area contributed by atoms with Crippen LogP contribution >= 0.6 is 0 Å². The number of hydrogen-bond acceptors (Lipinski definition) is 4. The lowest BCUT2D eigenvalue weighted by Gasteiger charge is -2.16. The Hall–Kier alpha value is -2.88. The summed E-state index contributed by atoms with van der Waals surface area (Å²) in [5.74, 6) is -0.458. The first kappa shape index (κ1) is 16.5. The maximum Gasteiger partial charge on any atom is 0.308 e. The number of carbonyl (C=O) groups excluding carboxylic acids is 2. The SMILES string of the molecule is CC(=O)Oc1ccccc1C(/C=C/c1ccccc1)OC(C)=O. The number of para-hydroxylation sites is 1. The molecule has 23 heavy (non-hydrogen) atoms. The van der Waals surface area contributed by atoms with Crippen molar-refractivity contribution in [3.8, 4) is 5.75 Å². The third-order valence-electron chi connectivity index (χ3n) is 3.04. The summed E-state index contributed by atoms with van der Waals surface area (Å²) in [5, 5.41) is 0. The molecule has 1 atom stereocenters. The van der Waals surface area contributed by atoms with Gasteiger partial charge in [0.1, 0.15) is 11.9 Å². The number of benzene rings is 2. The second-order valence-electron chi connectivity index (χ2n) is 4.93. The first-order valence-electron chi connectivity index (χ1n) is 7.24. The van der Waals surface area contributed by atoms with Crippen LogP contribution in [0.5, 0.6) is 5.75 Å². The van der Waals surface area contributed by atoms with Crippen LogP contribution in [0.2, 0.25) is 0 Å². The molecule has 118 valence electrons. The summed E-state index contributed by atoms with van der Waals surface area (Å²) < 4.78 is 10.6. The molecule has 4 heteroatoms. The summed E-state index contributed by atoms with van der Waals surface area (Å²) in [4.78, 5) is 22.6. The van der Waals surface area contributed by atoms with E-state index in [1.165, 1.54) is 13.8 Å². The molecule has 2 aromatic rings.